The fourth-order valence-electron chi connectivity index (χ4n) is 4.25. The molecule has 3 rings (SSSR count). The van der Waals surface area contributed by atoms with Gasteiger partial charge in [0.25, 0.3) is 0 Å². The van der Waals surface area contributed by atoms with E-state index in [-0.39, 0.29) is 0 Å². The van der Waals surface area contributed by atoms with Gasteiger partial charge in [0, 0.05) is 24.5 Å². The highest BCUT2D eigenvalue weighted by Crippen LogP contribution is 2.39. The SMILES string of the molecule is Cc1cc(C)c(N(c2cccc(CN(C)C)c2)c2cccc(CN(C)C)c2)c(C)c1. The quantitative estimate of drug-likeness (QED) is 0.466. The molecule has 0 radical (unpaired) electrons. The number of aryl methyl sites for hydroxylation is 3. The fourth-order valence-corrected chi connectivity index (χ4v) is 4.25. The first-order chi connectivity index (χ1) is 14.2. The number of hydrogen-bond acceptors (Lipinski definition) is 3. The maximum atomic E-state index is 2.42. The molecule has 0 saturated carbocycles. The van der Waals surface area contributed by atoms with Crippen LogP contribution in [0.2, 0.25) is 0 Å². The van der Waals surface area contributed by atoms with Crippen LogP contribution in [0, 0.1) is 20.8 Å². The van der Waals surface area contributed by atoms with Gasteiger partial charge in [-0.15, -0.1) is 0 Å². The minimum atomic E-state index is 0.925. The summed E-state index contributed by atoms with van der Waals surface area (Å²) in [7, 11) is 8.46. The molecule has 0 aliphatic carbocycles. The van der Waals surface area contributed by atoms with Crippen molar-refractivity contribution in [2.24, 2.45) is 0 Å². The van der Waals surface area contributed by atoms with Gasteiger partial charge in [-0.25, -0.2) is 0 Å². The van der Waals surface area contributed by atoms with Crippen LogP contribution in [0.5, 0.6) is 0 Å². The predicted molar refractivity (Wildman–Crippen MR) is 130 cm³/mol. The van der Waals surface area contributed by atoms with Crippen molar-refractivity contribution in [1.29, 1.82) is 0 Å². The van der Waals surface area contributed by atoms with Gasteiger partial charge in [-0.3, -0.25) is 0 Å². The highest BCUT2D eigenvalue weighted by molar-refractivity contribution is 5.81. The molecule has 0 unspecified atom stereocenters. The van der Waals surface area contributed by atoms with E-state index in [9.17, 15) is 0 Å². The maximum absolute atomic E-state index is 2.42. The minimum absolute atomic E-state index is 0.925. The topological polar surface area (TPSA) is 9.72 Å². The minimum Gasteiger partial charge on any atom is -0.310 e. The average Bonchev–Trinajstić information content (AvgIpc) is 2.64. The van der Waals surface area contributed by atoms with E-state index in [1.807, 2.05) is 0 Å². The second-order valence-electron chi connectivity index (χ2n) is 8.90. The molecule has 158 valence electrons. The third-order valence-electron chi connectivity index (χ3n) is 5.19. The molecular formula is C27H35N3. The molecule has 3 nitrogen and oxygen atoms in total. The molecule has 0 aliphatic heterocycles. The smallest absolute Gasteiger partial charge is 0.0520 e. The van der Waals surface area contributed by atoms with Crippen molar-refractivity contribution >= 4 is 17.1 Å². The molecule has 0 N–H and O–H groups in total. The zero-order chi connectivity index (χ0) is 21.8. The predicted octanol–water partition coefficient (Wildman–Crippen LogP) is 6.20. The number of benzene rings is 3. The number of rotatable bonds is 7. The van der Waals surface area contributed by atoms with Crippen LogP contribution in [0.4, 0.5) is 17.1 Å². The summed E-state index contributed by atoms with van der Waals surface area (Å²) in [6, 6.07) is 22.4. The van der Waals surface area contributed by atoms with E-state index in [4.69, 9.17) is 0 Å². The fraction of sp³-hybridized carbons (Fsp3) is 0.333. The van der Waals surface area contributed by atoms with Crippen molar-refractivity contribution in [2.45, 2.75) is 33.9 Å². The molecular weight excluding hydrogens is 366 g/mol. The summed E-state index contributed by atoms with van der Waals surface area (Å²) in [6.45, 7) is 8.46. The van der Waals surface area contributed by atoms with Crippen LogP contribution in [0.25, 0.3) is 0 Å². The number of hydrogen-bond donors (Lipinski definition) is 0. The van der Waals surface area contributed by atoms with E-state index in [0.29, 0.717) is 0 Å². The van der Waals surface area contributed by atoms with Crippen LogP contribution in [0.15, 0.2) is 60.7 Å². The Morgan fingerprint density at radius 3 is 1.43 bits per heavy atom. The first kappa shape index (κ1) is 22.1. The molecule has 0 bridgehead atoms. The van der Waals surface area contributed by atoms with Gasteiger partial charge >= 0.3 is 0 Å². The van der Waals surface area contributed by atoms with Gasteiger partial charge in [0.1, 0.15) is 0 Å². The molecule has 0 heterocycles. The van der Waals surface area contributed by atoms with E-state index in [1.165, 1.54) is 44.9 Å². The summed E-state index contributed by atoms with van der Waals surface area (Å²) >= 11 is 0. The lowest BCUT2D eigenvalue weighted by Crippen LogP contribution is -2.16. The summed E-state index contributed by atoms with van der Waals surface area (Å²) in [5.74, 6) is 0. The van der Waals surface area contributed by atoms with Crippen LogP contribution in [0.3, 0.4) is 0 Å². The second kappa shape index (κ2) is 9.46. The third kappa shape index (κ3) is 5.29. The Morgan fingerprint density at radius 2 is 1.03 bits per heavy atom. The van der Waals surface area contributed by atoms with Crippen LogP contribution in [-0.4, -0.2) is 38.0 Å². The average molecular weight is 402 g/mol. The van der Waals surface area contributed by atoms with E-state index < -0.39 is 0 Å². The highest BCUT2D eigenvalue weighted by atomic mass is 15.1. The molecule has 0 aliphatic rings. The summed E-state index contributed by atoms with van der Waals surface area (Å²) in [5.41, 5.74) is 10.2. The van der Waals surface area contributed by atoms with Crippen molar-refractivity contribution in [2.75, 3.05) is 33.1 Å². The Bertz CT molecular complexity index is 928. The summed E-state index contributed by atoms with van der Waals surface area (Å²) in [5, 5.41) is 0. The molecule has 3 aromatic carbocycles. The molecule has 3 heteroatoms. The Labute approximate surface area is 182 Å². The molecule has 0 saturated heterocycles. The van der Waals surface area contributed by atoms with Gasteiger partial charge in [0.2, 0.25) is 0 Å². The van der Waals surface area contributed by atoms with Crippen LogP contribution < -0.4 is 4.90 Å². The number of nitrogens with zero attached hydrogens (tertiary/aromatic N) is 3. The largest absolute Gasteiger partial charge is 0.310 e. The van der Waals surface area contributed by atoms with Crippen LogP contribution >= 0.6 is 0 Å². The summed E-state index contributed by atoms with van der Waals surface area (Å²) < 4.78 is 0. The molecule has 0 amide bonds. The first-order valence-electron chi connectivity index (χ1n) is 10.6. The van der Waals surface area contributed by atoms with Gasteiger partial charge in [0.05, 0.1) is 5.69 Å². The molecule has 0 atom stereocenters. The van der Waals surface area contributed by atoms with Gasteiger partial charge in [0.15, 0.2) is 0 Å². The lowest BCUT2D eigenvalue weighted by atomic mass is 10.0. The van der Waals surface area contributed by atoms with Crippen molar-refractivity contribution in [3.63, 3.8) is 0 Å². The van der Waals surface area contributed by atoms with E-state index in [1.54, 1.807) is 0 Å². The van der Waals surface area contributed by atoms with Crippen molar-refractivity contribution in [3.05, 3.63) is 88.5 Å². The monoisotopic (exact) mass is 401 g/mol. The zero-order valence-electron chi connectivity index (χ0n) is 19.5. The lowest BCUT2D eigenvalue weighted by molar-refractivity contribution is 0.402. The van der Waals surface area contributed by atoms with E-state index >= 15 is 0 Å². The van der Waals surface area contributed by atoms with E-state index in [0.717, 1.165) is 13.1 Å². The lowest BCUT2D eigenvalue weighted by Gasteiger charge is -2.30. The number of anilines is 3. The molecule has 3 aromatic rings. The summed E-state index contributed by atoms with van der Waals surface area (Å²) in [4.78, 5) is 6.84. The van der Waals surface area contributed by atoms with Crippen molar-refractivity contribution in [3.8, 4) is 0 Å². The zero-order valence-corrected chi connectivity index (χ0v) is 19.5. The van der Waals surface area contributed by atoms with Crippen molar-refractivity contribution < 1.29 is 0 Å². The Balaban J connectivity index is 2.19. The highest BCUT2D eigenvalue weighted by Gasteiger charge is 2.18. The van der Waals surface area contributed by atoms with Crippen molar-refractivity contribution in [1.82, 2.24) is 9.80 Å². The normalized spacial score (nSPS) is 11.4. The second-order valence-corrected chi connectivity index (χ2v) is 8.90. The van der Waals surface area contributed by atoms with Gasteiger partial charge in [-0.1, -0.05) is 42.0 Å². The third-order valence-corrected chi connectivity index (χ3v) is 5.19. The standard InChI is InChI=1S/C27H35N3/c1-20-14-21(2)27(22(3)15-20)30(25-12-8-10-23(16-25)18-28(4)5)26-13-9-11-24(17-26)19-29(6)7/h8-17H,18-19H2,1-7H3. The van der Waals surface area contributed by atoms with Gasteiger partial charge in [-0.2, -0.15) is 0 Å². The Kier molecular flexibility index (Phi) is 6.96. The summed E-state index contributed by atoms with van der Waals surface area (Å²) in [6.07, 6.45) is 0. The molecule has 0 spiro atoms. The Morgan fingerprint density at radius 1 is 0.600 bits per heavy atom. The van der Waals surface area contributed by atoms with Crippen LogP contribution in [0.1, 0.15) is 27.8 Å². The van der Waals surface area contributed by atoms with Gasteiger partial charge < -0.3 is 14.7 Å². The van der Waals surface area contributed by atoms with E-state index in [2.05, 4.69) is 124 Å². The molecule has 0 fully saturated rings. The van der Waals surface area contributed by atoms with Crippen LogP contribution in [-0.2, 0) is 13.1 Å². The maximum Gasteiger partial charge on any atom is 0.0520 e. The first-order valence-corrected chi connectivity index (χ1v) is 10.6. The molecule has 0 aromatic heterocycles. The molecule has 30 heavy (non-hydrogen) atoms. The van der Waals surface area contributed by atoms with Gasteiger partial charge in [-0.05, 0) is 95.5 Å². The Hall–Kier alpha value is -2.62.